The molecule has 2 aromatic carbocycles. The summed E-state index contributed by atoms with van der Waals surface area (Å²) in [6.45, 7) is 6.17. The molecular formula is C25H30N2O3. The lowest BCUT2D eigenvalue weighted by molar-refractivity contribution is -0.134. The van der Waals surface area contributed by atoms with E-state index in [2.05, 4.69) is 30.8 Å². The Hall–Kier alpha value is -2.92. The Morgan fingerprint density at radius 3 is 2.60 bits per heavy atom. The number of benzene rings is 2. The lowest BCUT2D eigenvalue weighted by Gasteiger charge is -2.24. The van der Waals surface area contributed by atoms with E-state index >= 15 is 0 Å². The fourth-order valence-electron chi connectivity index (χ4n) is 3.97. The molecule has 1 atom stereocenters. The van der Waals surface area contributed by atoms with E-state index in [9.17, 15) is 9.59 Å². The van der Waals surface area contributed by atoms with Crippen LogP contribution in [0.25, 0.3) is 11.1 Å². The van der Waals surface area contributed by atoms with Crippen LogP contribution in [0.2, 0.25) is 0 Å². The van der Waals surface area contributed by atoms with Crippen molar-refractivity contribution in [2.24, 2.45) is 5.92 Å². The van der Waals surface area contributed by atoms with Gasteiger partial charge >= 0.3 is 0 Å². The van der Waals surface area contributed by atoms with E-state index in [0.717, 1.165) is 16.7 Å². The molecular weight excluding hydrogens is 376 g/mol. The van der Waals surface area contributed by atoms with Crippen LogP contribution in [0.4, 0.5) is 0 Å². The number of hydrogen-bond acceptors (Lipinski definition) is 3. The number of amides is 2. The Labute approximate surface area is 178 Å². The van der Waals surface area contributed by atoms with Crippen molar-refractivity contribution < 1.29 is 14.3 Å². The maximum atomic E-state index is 13.3. The normalized spacial score (nSPS) is 17.0. The molecule has 1 fully saturated rings. The van der Waals surface area contributed by atoms with Gasteiger partial charge in [-0.3, -0.25) is 9.59 Å². The van der Waals surface area contributed by atoms with Gasteiger partial charge in [-0.15, -0.1) is 6.58 Å². The van der Waals surface area contributed by atoms with Crippen molar-refractivity contribution in [3.8, 4) is 11.1 Å². The molecule has 0 bridgehead atoms. The molecule has 1 unspecified atom stereocenters. The van der Waals surface area contributed by atoms with Crippen LogP contribution in [-0.2, 0) is 20.7 Å². The molecule has 1 aliphatic rings. The maximum absolute atomic E-state index is 13.3. The Morgan fingerprint density at radius 2 is 1.87 bits per heavy atom. The van der Waals surface area contributed by atoms with Gasteiger partial charge in [-0.2, -0.15) is 0 Å². The Morgan fingerprint density at radius 1 is 1.13 bits per heavy atom. The van der Waals surface area contributed by atoms with E-state index in [4.69, 9.17) is 4.74 Å². The molecule has 0 saturated carbocycles. The van der Waals surface area contributed by atoms with Crippen molar-refractivity contribution in [3.05, 3.63) is 72.8 Å². The second-order valence-electron chi connectivity index (χ2n) is 7.58. The zero-order valence-corrected chi connectivity index (χ0v) is 17.6. The molecule has 2 amide bonds. The number of rotatable bonds is 8. The van der Waals surface area contributed by atoms with Gasteiger partial charge in [0, 0.05) is 33.3 Å². The molecule has 5 heteroatoms. The Kier molecular flexibility index (Phi) is 7.80. The fourth-order valence-corrected chi connectivity index (χ4v) is 3.97. The highest BCUT2D eigenvalue weighted by molar-refractivity contribution is 5.83. The third kappa shape index (κ3) is 5.36. The molecule has 158 valence electrons. The summed E-state index contributed by atoms with van der Waals surface area (Å²) < 4.78 is 5.06. The first kappa shape index (κ1) is 21.8. The Balaban J connectivity index is 1.87. The summed E-state index contributed by atoms with van der Waals surface area (Å²) in [6, 6.07) is 18.4. The third-order valence-corrected chi connectivity index (χ3v) is 5.53. The quantitative estimate of drug-likeness (QED) is 0.632. The van der Waals surface area contributed by atoms with Gasteiger partial charge < -0.3 is 14.5 Å². The molecule has 2 aromatic rings. The van der Waals surface area contributed by atoms with Gasteiger partial charge in [0.2, 0.25) is 11.8 Å². The minimum atomic E-state index is -0.288. The summed E-state index contributed by atoms with van der Waals surface area (Å²) >= 11 is 0. The first-order valence-electron chi connectivity index (χ1n) is 10.4. The number of carbonyl (C=O) groups excluding carboxylic acids is 2. The first-order valence-corrected chi connectivity index (χ1v) is 10.4. The van der Waals surface area contributed by atoms with Crippen LogP contribution in [0.5, 0.6) is 0 Å². The second-order valence-corrected chi connectivity index (χ2v) is 7.58. The molecule has 1 heterocycles. The van der Waals surface area contributed by atoms with Crippen molar-refractivity contribution in [3.63, 3.8) is 0 Å². The van der Waals surface area contributed by atoms with Gasteiger partial charge in [0.25, 0.3) is 0 Å². The molecule has 0 radical (unpaired) electrons. The van der Waals surface area contributed by atoms with Crippen molar-refractivity contribution in [1.29, 1.82) is 0 Å². The van der Waals surface area contributed by atoms with Gasteiger partial charge in [0.1, 0.15) is 0 Å². The number of carbonyl (C=O) groups is 2. The summed E-state index contributed by atoms with van der Waals surface area (Å²) in [5.41, 5.74) is 3.37. The minimum absolute atomic E-state index is 0.0337. The van der Waals surface area contributed by atoms with Gasteiger partial charge in [0.05, 0.1) is 18.9 Å². The third-order valence-electron chi connectivity index (χ3n) is 5.53. The molecule has 0 aliphatic carbocycles. The van der Waals surface area contributed by atoms with Crippen LogP contribution < -0.4 is 0 Å². The number of ether oxygens (including phenoxy) is 1. The number of nitrogens with zero attached hydrogens (tertiary/aromatic N) is 2. The van der Waals surface area contributed by atoms with Crippen LogP contribution in [0, 0.1) is 5.92 Å². The zero-order valence-electron chi connectivity index (χ0n) is 17.6. The molecule has 1 saturated heterocycles. The van der Waals surface area contributed by atoms with Gasteiger partial charge in [-0.25, -0.2) is 0 Å². The molecule has 0 aromatic heterocycles. The topological polar surface area (TPSA) is 49.9 Å². The van der Waals surface area contributed by atoms with Crippen LogP contribution in [0.15, 0.2) is 67.3 Å². The van der Waals surface area contributed by atoms with Crippen LogP contribution >= 0.6 is 0 Å². The molecule has 0 N–H and O–H groups in total. The summed E-state index contributed by atoms with van der Waals surface area (Å²) in [5, 5.41) is 0. The first-order chi connectivity index (χ1) is 14.6. The summed E-state index contributed by atoms with van der Waals surface area (Å²) in [5.74, 6) is -0.171. The SMILES string of the molecule is C=CCN1CCN(C(=O)CCOC)CC(Cc2ccccc2-c2ccccc2)C1=O. The van der Waals surface area contributed by atoms with Crippen LogP contribution in [0.3, 0.4) is 0 Å². The highest BCUT2D eigenvalue weighted by atomic mass is 16.5. The van der Waals surface area contributed by atoms with E-state index in [1.54, 1.807) is 13.2 Å². The second kappa shape index (κ2) is 10.7. The lowest BCUT2D eigenvalue weighted by atomic mass is 9.91. The highest BCUT2D eigenvalue weighted by Gasteiger charge is 2.32. The summed E-state index contributed by atoms with van der Waals surface area (Å²) in [4.78, 5) is 29.6. The smallest absolute Gasteiger partial charge is 0.228 e. The summed E-state index contributed by atoms with van der Waals surface area (Å²) in [7, 11) is 1.59. The van der Waals surface area contributed by atoms with Crippen LogP contribution in [0.1, 0.15) is 12.0 Å². The van der Waals surface area contributed by atoms with E-state index in [-0.39, 0.29) is 17.7 Å². The molecule has 30 heavy (non-hydrogen) atoms. The predicted molar refractivity (Wildman–Crippen MR) is 119 cm³/mol. The molecule has 0 spiro atoms. The van der Waals surface area contributed by atoms with E-state index < -0.39 is 0 Å². The average Bonchev–Trinajstić information content (AvgIpc) is 2.93. The number of hydrogen-bond donors (Lipinski definition) is 0. The van der Waals surface area contributed by atoms with Gasteiger partial charge in [-0.05, 0) is 23.1 Å². The van der Waals surface area contributed by atoms with Crippen molar-refractivity contribution in [2.45, 2.75) is 12.8 Å². The van der Waals surface area contributed by atoms with Gasteiger partial charge in [-0.1, -0.05) is 60.7 Å². The fraction of sp³-hybridized carbons (Fsp3) is 0.360. The highest BCUT2D eigenvalue weighted by Crippen LogP contribution is 2.27. The van der Waals surface area contributed by atoms with Crippen molar-refractivity contribution in [2.75, 3.05) is 39.9 Å². The number of methoxy groups -OCH3 is 1. The minimum Gasteiger partial charge on any atom is -0.384 e. The maximum Gasteiger partial charge on any atom is 0.228 e. The predicted octanol–water partition coefficient (Wildman–Crippen LogP) is 3.41. The molecule has 5 nitrogen and oxygen atoms in total. The largest absolute Gasteiger partial charge is 0.384 e. The van der Waals surface area contributed by atoms with E-state index in [1.165, 1.54) is 0 Å². The van der Waals surface area contributed by atoms with E-state index in [0.29, 0.717) is 45.6 Å². The zero-order chi connectivity index (χ0) is 21.3. The summed E-state index contributed by atoms with van der Waals surface area (Å²) in [6.07, 6.45) is 2.67. The lowest BCUT2D eigenvalue weighted by Crippen LogP contribution is -2.38. The molecule has 1 aliphatic heterocycles. The van der Waals surface area contributed by atoms with Crippen LogP contribution in [-0.4, -0.2) is 61.5 Å². The Bertz CT molecular complexity index is 866. The van der Waals surface area contributed by atoms with Crippen molar-refractivity contribution in [1.82, 2.24) is 9.80 Å². The van der Waals surface area contributed by atoms with Crippen molar-refractivity contribution >= 4 is 11.8 Å². The van der Waals surface area contributed by atoms with E-state index in [1.807, 2.05) is 40.1 Å². The monoisotopic (exact) mass is 406 g/mol. The average molecular weight is 407 g/mol. The standard InChI is InChI=1S/C25H30N2O3/c1-3-14-26-15-16-27(24(28)13-17-30-2)19-22(25(26)29)18-21-11-7-8-12-23(21)20-9-5-4-6-10-20/h3-12,22H,1,13-19H2,2H3. The van der Waals surface area contributed by atoms with Gasteiger partial charge in [0.15, 0.2) is 0 Å². The molecule has 3 rings (SSSR count).